The van der Waals surface area contributed by atoms with E-state index in [1.165, 1.54) is 0 Å². The summed E-state index contributed by atoms with van der Waals surface area (Å²) in [5.41, 5.74) is 4.10. The van der Waals surface area contributed by atoms with E-state index in [0.717, 1.165) is 110 Å². The Hall–Kier alpha value is -4.27. The van der Waals surface area contributed by atoms with Crippen LogP contribution in [0.1, 0.15) is 56.8 Å². The molecular formula is C34H37N7O2. The molecule has 2 atom stereocenters. The fraction of sp³-hybridized carbons (Fsp3) is 0.441. The van der Waals surface area contributed by atoms with Gasteiger partial charge in [-0.1, -0.05) is 24.3 Å². The minimum absolute atomic E-state index is 0.0596. The summed E-state index contributed by atoms with van der Waals surface area (Å²) in [6, 6.07) is 12.9. The number of likely N-dealkylation sites (tertiary alicyclic amines) is 2. The molecule has 0 unspecified atom stereocenters. The summed E-state index contributed by atoms with van der Waals surface area (Å²) in [6.45, 7) is 3.32. The zero-order valence-corrected chi connectivity index (χ0v) is 24.3. The molecule has 2 aromatic heterocycles. The van der Waals surface area contributed by atoms with Crippen molar-refractivity contribution in [1.82, 2.24) is 29.7 Å². The molecule has 9 heteroatoms. The van der Waals surface area contributed by atoms with Crippen molar-refractivity contribution in [2.45, 2.75) is 51.0 Å². The van der Waals surface area contributed by atoms with Gasteiger partial charge in [0.1, 0.15) is 5.82 Å². The van der Waals surface area contributed by atoms with Crippen LogP contribution in [0.3, 0.4) is 0 Å². The van der Waals surface area contributed by atoms with Crippen molar-refractivity contribution < 1.29 is 9.59 Å². The molecule has 0 bridgehead atoms. The van der Waals surface area contributed by atoms with Crippen LogP contribution in [0.5, 0.6) is 0 Å². The molecule has 220 valence electrons. The van der Waals surface area contributed by atoms with Gasteiger partial charge in [-0.05, 0) is 79.3 Å². The highest BCUT2D eigenvalue weighted by Gasteiger charge is 2.40. The van der Waals surface area contributed by atoms with Crippen molar-refractivity contribution in [3.8, 4) is 22.4 Å². The van der Waals surface area contributed by atoms with Gasteiger partial charge in [-0.2, -0.15) is 0 Å². The van der Waals surface area contributed by atoms with Crippen molar-refractivity contribution in [2.75, 3.05) is 31.5 Å². The maximum absolute atomic E-state index is 12.7. The van der Waals surface area contributed by atoms with E-state index in [1.54, 1.807) is 0 Å². The van der Waals surface area contributed by atoms with E-state index in [-0.39, 0.29) is 12.0 Å². The molecule has 4 aliphatic rings. The van der Waals surface area contributed by atoms with E-state index in [0.29, 0.717) is 29.6 Å². The van der Waals surface area contributed by atoms with Crippen LogP contribution < -0.4 is 5.32 Å². The number of amides is 2. The molecule has 8 rings (SSSR count). The van der Waals surface area contributed by atoms with Crippen molar-refractivity contribution in [1.29, 1.82) is 0 Å². The number of carbonyl (C=O) groups is 2. The van der Waals surface area contributed by atoms with Gasteiger partial charge in [-0.3, -0.25) is 9.59 Å². The van der Waals surface area contributed by atoms with Gasteiger partial charge in [0, 0.05) is 61.5 Å². The van der Waals surface area contributed by atoms with E-state index < -0.39 is 0 Å². The second kappa shape index (κ2) is 10.8. The third-order valence-corrected chi connectivity index (χ3v) is 9.58. The lowest BCUT2D eigenvalue weighted by atomic mass is 10.0. The van der Waals surface area contributed by atoms with Crippen LogP contribution in [0.2, 0.25) is 0 Å². The fourth-order valence-corrected chi connectivity index (χ4v) is 6.72. The third-order valence-electron chi connectivity index (χ3n) is 9.58. The number of aromatic nitrogens is 4. The zero-order valence-electron chi connectivity index (χ0n) is 24.3. The predicted octanol–water partition coefficient (Wildman–Crippen LogP) is 5.43. The van der Waals surface area contributed by atoms with E-state index in [2.05, 4.69) is 56.7 Å². The zero-order chi connectivity index (χ0) is 28.9. The molecule has 2 saturated heterocycles. The highest BCUT2D eigenvalue weighted by Crippen LogP contribution is 2.38. The van der Waals surface area contributed by atoms with Gasteiger partial charge in [0.05, 0.1) is 17.9 Å². The molecule has 2 aliphatic carbocycles. The summed E-state index contributed by atoms with van der Waals surface area (Å²) < 4.78 is 0. The first kappa shape index (κ1) is 26.4. The van der Waals surface area contributed by atoms with E-state index in [4.69, 9.17) is 4.98 Å². The molecular weight excluding hydrogens is 538 g/mol. The Balaban J connectivity index is 0.915. The normalized spacial score (nSPS) is 22.0. The Morgan fingerprint density at radius 1 is 0.791 bits per heavy atom. The average Bonchev–Trinajstić information content (AvgIpc) is 3.92. The van der Waals surface area contributed by atoms with Crippen LogP contribution in [0, 0.1) is 17.8 Å². The van der Waals surface area contributed by atoms with Gasteiger partial charge in [-0.15, -0.1) is 0 Å². The number of aromatic amines is 1. The molecule has 4 heterocycles. The van der Waals surface area contributed by atoms with Crippen LogP contribution >= 0.6 is 0 Å². The second-order valence-corrected chi connectivity index (χ2v) is 12.8. The number of hydrogen-bond acceptors (Lipinski definition) is 6. The summed E-state index contributed by atoms with van der Waals surface area (Å²) in [5.74, 6) is 3.14. The molecule has 2 amide bonds. The minimum Gasteiger partial charge on any atom is -0.354 e. The molecule has 4 fully saturated rings. The van der Waals surface area contributed by atoms with Gasteiger partial charge in [-0.25, -0.2) is 15.0 Å². The van der Waals surface area contributed by atoms with Crippen molar-refractivity contribution >= 4 is 28.5 Å². The highest BCUT2D eigenvalue weighted by molar-refractivity contribution is 5.90. The number of anilines is 1. The van der Waals surface area contributed by atoms with E-state index in [1.807, 2.05) is 28.4 Å². The van der Waals surface area contributed by atoms with Gasteiger partial charge in [0.15, 0.2) is 0 Å². The van der Waals surface area contributed by atoms with Crippen LogP contribution in [0.15, 0.2) is 55.0 Å². The summed E-state index contributed by atoms with van der Waals surface area (Å²) >= 11 is 0. The van der Waals surface area contributed by atoms with Gasteiger partial charge >= 0.3 is 0 Å². The lowest BCUT2D eigenvalue weighted by Crippen LogP contribution is -2.32. The highest BCUT2D eigenvalue weighted by atomic mass is 16.2. The lowest BCUT2D eigenvalue weighted by molar-refractivity contribution is -0.133. The summed E-state index contributed by atoms with van der Waals surface area (Å²) in [5, 5.41) is 5.66. The number of nitrogens with one attached hydrogen (secondary N) is 2. The maximum Gasteiger partial charge on any atom is 0.226 e. The first-order valence-electron chi connectivity index (χ1n) is 15.8. The van der Waals surface area contributed by atoms with Crippen molar-refractivity contribution in [2.24, 2.45) is 17.8 Å². The Morgan fingerprint density at radius 2 is 1.51 bits per heavy atom. The lowest BCUT2D eigenvalue weighted by Gasteiger charge is -2.23. The molecule has 0 spiro atoms. The molecule has 0 radical (unpaired) electrons. The van der Waals surface area contributed by atoms with Crippen molar-refractivity contribution in [3.05, 3.63) is 60.8 Å². The summed E-state index contributed by atoms with van der Waals surface area (Å²) in [4.78, 5) is 46.5. The SMILES string of the molecule is O=C(C1CC1)N1CC[C@H](CNc2ncc(-c3ccc4cc(-c5cnc([C@@H]6CCCN6C(=O)C6CC6)[nH]5)ccc4c3)cn2)C1. The smallest absolute Gasteiger partial charge is 0.226 e. The van der Waals surface area contributed by atoms with Gasteiger partial charge < -0.3 is 20.1 Å². The third kappa shape index (κ3) is 5.37. The summed E-state index contributed by atoms with van der Waals surface area (Å²) in [6.07, 6.45) is 12.9. The second-order valence-electron chi connectivity index (χ2n) is 12.8. The molecule has 9 nitrogen and oxygen atoms in total. The topological polar surface area (TPSA) is 107 Å². The number of H-pyrrole nitrogens is 1. The Labute approximate surface area is 251 Å². The molecule has 2 aromatic carbocycles. The van der Waals surface area contributed by atoms with E-state index >= 15 is 0 Å². The van der Waals surface area contributed by atoms with Crippen LogP contribution in [-0.2, 0) is 9.59 Å². The number of nitrogens with zero attached hydrogens (tertiary/aromatic N) is 5. The molecule has 2 saturated carbocycles. The first-order valence-corrected chi connectivity index (χ1v) is 15.8. The molecule has 4 aromatic rings. The molecule has 43 heavy (non-hydrogen) atoms. The Kier molecular flexibility index (Phi) is 6.61. The quantitative estimate of drug-likeness (QED) is 0.290. The van der Waals surface area contributed by atoms with Crippen LogP contribution in [-0.4, -0.2) is 67.7 Å². The number of benzene rings is 2. The number of hydrogen-bond donors (Lipinski definition) is 2. The molecule has 2 aliphatic heterocycles. The standard InChI is InChI=1S/C34H37N7O2/c42-32(22-3-4-22)40-13-11-21(20-40)16-36-34-37-17-28(18-38-34)26-8-7-25-15-27(10-9-24(25)14-26)29-19-35-31(39-29)30-2-1-12-41(30)33(43)23-5-6-23/h7-10,14-15,17-19,21-23,30H,1-6,11-13,16,20H2,(H,35,39)(H,36,37,38)/t21-,30+/m1/s1. The van der Waals surface area contributed by atoms with Gasteiger partial charge in [0.2, 0.25) is 17.8 Å². The average molecular weight is 576 g/mol. The van der Waals surface area contributed by atoms with Crippen LogP contribution in [0.4, 0.5) is 5.95 Å². The first-order chi connectivity index (χ1) is 21.1. The van der Waals surface area contributed by atoms with Crippen molar-refractivity contribution in [3.63, 3.8) is 0 Å². The number of imidazole rings is 1. The fourth-order valence-electron chi connectivity index (χ4n) is 6.72. The number of rotatable bonds is 8. The van der Waals surface area contributed by atoms with E-state index in [9.17, 15) is 9.59 Å². The predicted molar refractivity (Wildman–Crippen MR) is 165 cm³/mol. The number of fused-ring (bicyclic) bond motifs is 1. The number of carbonyl (C=O) groups excluding carboxylic acids is 2. The Morgan fingerprint density at radius 3 is 2.28 bits per heavy atom. The molecule has 2 N–H and O–H groups in total. The Bertz CT molecular complexity index is 1670. The van der Waals surface area contributed by atoms with Crippen LogP contribution in [0.25, 0.3) is 33.2 Å². The minimum atomic E-state index is 0.0596. The summed E-state index contributed by atoms with van der Waals surface area (Å²) in [7, 11) is 0. The maximum atomic E-state index is 12.7. The monoisotopic (exact) mass is 575 g/mol. The van der Waals surface area contributed by atoms with Gasteiger partial charge in [0.25, 0.3) is 0 Å². The largest absolute Gasteiger partial charge is 0.354 e.